The van der Waals surface area contributed by atoms with Gasteiger partial charge in [-0.05, 0) is 116 Å². The summed E-state index contributed by atoms with van der Waals surface area (Å²) in [6.07, 6.45) is 8.68. The highest BCUT2D eigenvalue weighted by Gasteiger charge is 2.71. The number of aromatic nitrogens is 2. The van der Waals surface area contributed by atoms with E-state index in [1.807, 2.05) is 79.3 Å². The Morgan fingerprint density at radius 1 is 1.04 bits per heavy atom. The lowest BCUT2D eigenvalue weighted by molar-refractivity contribution is -0.182. The van der Waals surface area contributed by atoms with Crippen LogP contribution in [0.25, 0.3) is 11.8 Å². The Morgan fingerprint density at radius 2 is 1.87 bits per heavy atom. The van der Waals surface area contributed by atoms with E-state index in [1.54, 1.807) is 12.1 Å². The van der Waals surface area contributed by atoms with Crippen LogP contribution in [0.2, 0.25) is 0 Å². The SMILES string of the molecule is CCNC(=O)Nc1cccc(-n2ncc3c2C=C2CCC4C(C(O)CC5(C)C4CCC5(OC(=O)c4ccco4)C(=O)NCc4ccccc4)C2(C)C3)c1. The number of carbonyl (C=O) groups is 3. The van der Waals surface area contributed by atoms with Gasteiger partial charge in [-0.1, -0.05) is 55.8 Å². The molecule has 3 amide bonds. The van der Waals surface area contributed by atoms with Crippen LogP contribution in [0.5, 0.6) is 0 Å². The van der Waals surface area contributed by atoms with Gasteiger partial charge in [-0.15, -0.1) is 0 Å². The van der Waals surface area contributed by atoms with Crippen molar-refractivity contribution < 1.29 is 28.6 Å². The number of amides is 3. The van der Waals surface area contributed by atoms with Crippen molar-refractivity contribution in [3.8, 4) is 5.69 Å². The van der Waals surface area contributed by atoms with Gasteiger partial charge >= 0.3 is 12.0 Å². The number of benzene rings is 2. The second-order valence-corrected chi connectivity index (χ2v) is 15.7. The van der Waals surface area contributed by atoms with Gasteiger partial charge in [0.2, 0.25) is 5.76 Å². The maximum atomic E-state index is 14.5. The molecule has 3 fully saturated rings. The molecule has 8 rings (SSSR count). The molecule has 7 unspecified atom stereocenters. The van der Waals surface area contributed by atoms with Crippen molar-refractivity contribution in [3.05, 3.63) is 107 Å². The molecule has 7 atom stereocenters. The van der Waals surface area contributed by atoms with Crippen LogP contribution < -0.4 is 16.0 Å². The van der Waals surface area contributed by atoms with E-state index >= 15 is 0 Å². The van der Waals surface area contributed by atoms with E-state index in [0.29, 0.717) is 38.0 Å². The van der Waals surface area contributed by atoms with Crippen molar-refractivity contribution in [1.29, 1.82) is 0 Å². The molecule has 4 N–H and O–H groups in total. The monoisotopic (exact) mass is 717 g/mol. The zero-order chi connectivity index (χ0) is 37.0. The van der Waals surface area contributed by atoms with E-state index in [2.05, 4.69) is 29.0 Å². The van der Waals surface area contributed by atoms with Crippen LogP contribution in [-0.2, 0) is 22.5 Å². The lowest BCUT2D eigenvalue weighted by Gasteiger charge is -2.60. The minimum atomic E-state index is -1.49. The van der Waals surface area contributed by atoms with Gasteiger partial charge in [0.15, 0.2) is 5.60 Å². The maximum absolute atomic E-state index is 14.5. The van der Waals surface area contributed by atoms with Gasteiger partial charge in [0.1, 0.15) is 0 Å². The summed E-state index contributed by atoms with van der Waals surface area (Å²) < 4.78 is 13.7. The molecule has 276 valence electrons. The van der Waals surface area contributed by atoms with E-state index in [-0.39, 0.29) is 40.9 Å². The van der Waals surface area contributed by atoms with Crippen LogP contribution >= 0.6 is 0 Å². The van der Waals surface area contributed by atoms with E-state index in [0.717, 1.165) is 41.8 Å². The number of carbonyl (C=O) groups excluding carboxylic acids is 3. The third-order valence-corrected chi connectivity index (χ3v) is 12.9. The molecule has 11 heteroatoms. The Morgan fingerprint density at radius 3 is 2.64 bits per heavy atom. The van der Waals surface area contributed by atoms with Crippen molar-refractivity contribution in [2.75, 3.05) is 11.9 Å². The largest absolute Gasteiger partial charge is 0.457 e. The summed E-state index contributed by atoms with van der Waals surface area (Å²) in [5, 5.41) is 25.9. The molecule has 0 aliphatic heterocycles. The first kappa shape index (κ1) is 34.9. The Kier molecular flexibility index (Phi) is 8.80. The number of furan rings is 1. The fourth-order valence-corrected chi connectivity index (χ4v) is 10.5. The van der Waals surface area contributed by atoms with Gasteiger partial charge in [0.05, 0.1) is 29.9 Å². The molecule has 0 radical (unpaired) electrons. The minimum absolute atomic E-state index is 0.0463. The van der Waals surface area contributed by atoms with E-state index in [4.69, 9.17) is 14.3 Å². The fraction of sp³-hybridized carbons (Fsp3) is 0.429. The Labute approximate surface area is 309 Å². The summed E-state index contributed by atoms with van der Waals surface area (Å²) in [7, 11) is 0. The smallest absolute Gasteiger partial charge is 0.375 e. The van der Waals surface area contributed by atoms with E-state index < -0.39 is 23.1 Å². The van der Waals surface area contributed by atoms with Crippen LogP contribution in [0, 0.1) is 28.6 Å². The lowest BCUT2D eigenvalue weighted by atomic mass is 9.45. The summed E-state index contributed by atoms with van der Waals surface area (Å²) in [6.45, 7) is 7.04. The third kappa shape index (κ3) is 5.76. The second kappa shape index (κ2) is 13.4. The van der Waals surface area contributed by atoms with Gasteiger partial charge in [-0.25, -0.2) is 14.3 Å². The quantitative estimate of drug-likeness (QED) is 0.149. The number of aliphatic hydroxyl groups is 1. The molecule has 4 aliphatic rings. The summed E-state index contributed by atoms with van der Waals surface area (Å²) in [4.78, 5) is 40.3. The molecule has 2 aromatic carbocycles. The molecule has 4 aromatic rings. The van der Waals surface area contributed by atoms with Gasteiger partial charge in [-0.2, -0.15) is 5.10 Å². The zero-order valence-corrected chi connectivity index (χ0v) is 30.4. The highest BCUT2D eigenvalue weighted by Crippen LogP contribution is 2.68. The Hall–Kier alpha value is -5.16. The first-order valence-corrected chi connectivity index (χ1v) is 18.8. The van der Waals surface area contributed by atoms with Crippen LogP contribution in [0.1, 0.15) is 80.3 Å². The fourth-order valence-electron chi connectivity index (χ4n) is 10.5. The Balaban J connectivity index is 1.09. The molecule has 11 nitrogen and oxygen atoms in total. The highest BCUT2D eigenvalue weighted by molar-refractivity contribution is 5.93. The van der Waals surface area contributed by atoms with Gasteiger partial charge < -0.3 is 30.2 Å². The van der Waals surface area contributed by atoms with Gasteiger partial charge in [0.25, 0.3) is 5.91 Å². The normalized spacial score (nSPS) is 29.8. The first-order valence-electron chi connectivity index (χ1n) is 18.8. The highest BCUT2D eigenvalue weighted by atomic mass is 16.6. The number of allylic oxidation sites excluding steroid dienone is 1. The summed E-state index contributed by atoms with van der Waals surface area (Å²) >= 11 is 0. The van der Waals surface area contributed by atoms with E-state index in [1.165, 1.54) is 11.8 Å². The van der Waals surface area contributed by atoms with Gasteiger partial charge in [-0.3, -0.25) is 4.79 Å². The number of anilines is 1. The number of urea groups is 1. The van der Waals surface area contributed by atoms with Gasteiger partial charge in [0, 0.05) is 24.2 Å². The van der Waals surface area contributed by atoms with Crippen LogP contribution in [0.3, 0.4) is 0 Å². The summed E-state index contributed by atoms with van der Waals surface area (Å²) in [5.41, 5.74) is 3.26. The molecule has 0 saturated heterocycles. The maximum Gasteiger partial charge on any atom is 0.375 e. The molecular formula is C42H47N5O6. The number of hydrogen-bond acceptors (Lipinski definition) is 7. The van der Waals surface area contributed by atoms with Crippen molar-refractivity contribution >= 4 is 29.7 Å². The second-order valence-electron chi connectivity index (χ2n) is 15.7. The molecule has 2 aromatic heterocycles. The molecule has 2 heterocycles. The molecule has 4 aliphatic carbocycles. The minimum Gasteiger partial charge on any atom is -0.457 e. The number of hydrogen-bond donors (Lipinski definition) is 4. The number of nitrogens with one attached hydrogen (secondary N) is 3. The third-order valence-electron chi connectivity index (χ3n) is 12.9. The molecule has 0 spiro atoms. The predicted molar refractivity (Wildman–Crippen MR) is 199 cm³/mol. The van der Waals surface area contributed by atoms with Crippen LogP contribution in [0.15, 0.2) is 89.2 Å². The van der Waals surface area contributed by atoms with E-state index in [9.17, 15) is 19.5 Å². The molecule has 53 heavy (non-hydrogen) atoms. The molecule has 3 saturated carbocycles. The molecule has 0 bridgehead atoms. The Bertz CT molecular complexity index is 2060. The van der Waals surface area contributed by atoms with Crippen LogP contribution in [0.4, 0.5) is 10.5 Å². The topological polar surface area (TPSA) is 148 Å². The van der Waals surface area contributed by atoms with Crippen molar-refractivity contribution in [3.63, 3.8) is 0 Å². The van der Waals surface area contributed by atoms with Crippen LogP contribution in [-0.4, -0.2) is 51.0 Å². The predicted octanol–water partition coefficient (Wildman–Crippen LogP) is 6.67. The average molecular weight is 718 g/mol. The number of aliphatic hydroxyl groups excluding tert-OH is 1. The lowest BCUT2D eigenvalue weighted by Crippen LogP contribution is -2.64. The van der Waals surface area contributed by atoms with Crippen molar-refractivity contribution in [2.45, 2.75) is 77.5 Å². The van der Waals surface area contributed by atoms with Crippen molar-refractivity contribution in [2.24, 2.45) is 28.6 Å². The summed E-state index contributed by atoms with van der Waals surface area (Å²) in [5.74, 6) is -0.849. The standard InChI is InChI=1S/C42H47N5O6/c1-4-43-39(51)46-29-12-8-13-30(21-29)47-33-20-28-15-16-31-32-17-18-42(53-37(49)35-14-9-19-52-35,38(50)44-24-26-10-6-5-7-11-26)41(32,3)23-34(48)36(31)40(28,2)22-27(33)25-45-47/h5-14,19-21,25,31-32,34,36,48H,4,15-18,22-24H2,1-3H3,(H,44,50)(H2,43,46,51). The number of fused-ring (bicyclic) bond motifs is 6. The number of esters is 1. The van der Waals surface area contributed by atoms with Crippen molar-refractivity contribution in [1.82, 2.24) is 20.4 Å². The summed E-state index contributed by atoms with van der Waals surface area (Å²) in [6, 6.07) is 20.3. The average Bonchev–Trinajstić information content (AvgIpc) is 3.89. The molecular weight excluding hydrogens is 670 g/mol. The first-order chi connectivity index (χ1) is 25.6. The number of rotatable bonds is 8. The zero-order valence-electron chi connectivity index (χ0n) is 30.4. The number of ether oxygens (including phenoxy) is 1. The number of nitrogens with zero attached hydrogens (tertiary/aromatic N) is 2.